The Morgan fingerprint density at radius 1 is 1.19 bits per heavy atom. The molecule has 2 rings (SSSR count). The van der Waals surface area contributed by atoms with E-state index in [1.807, 2.05) is 0 Å². The molecule has 2 fully saturated rings. The van der Waals surface area contributed by atoms with Crippen LogP contribution in [-0.4, -0.2) is 35.7 Å². The SMILES string of the molecule is CC1(C)CCN(CC(O)C2CCCC2)CC1. The molecule has 1 heterocycles. The molecule has 1 atom stereocenters. The van der Waals surface area contributed by atoms with E-state index in [9.17, 15) is 5.11 Å². The Morgan fingerprint density at radius 2 is 1.75 bits per heavy atom. The van der Waals surface area contributed by atoms with Crippen molar-refractivity contribution in [3.05, 3.63) is 0 Å². The number of hydrogen-bond acceptors (Lipinski definition) is 2. The number of aliphatic hydroxyl groups excluding tert-OH is 1. The van der Waals surface area contributed by atoms with Crippen LogP contribution in [0.4, 0.5) is 0 Å². The summed E-state index contributed by atoms with van der Waals surface area (Å²) in [6.07, 6.45) is 7.66. The topological polar surface area (TPSA) is 23.5 Å². The molecule has 0 bridgehead atoms. The summed E-state index contributed by atoms with van der Waals surface area (Å²) in [4.78, 5) is 2.47. The second-order valence-corrected chi connectivity index (χ2v) is 6.58. The first-order chi connectivity index (χ1) is 7.57. The van der Waals surface area contributed by atoms with Gasteiger partial charge < -0.3 is 10.0 Å². The summed E-state index contributed by atoms with van der Waals surface area (Å²) in [7, 11) is 0. The van der Waals surface area contributed by atoms with Crippen LogP contribution in [0, 0.1) is 11.3 Å². The van der Waals surface area contributed by atoms with Crippen molar-refractivity contribution >= 4 is 0 Å². The monoisotopic (exact) mass is 225 g/mol. The van der Waals surface area contributed by atoms with Crippen LogP contribution in [0.3, 0.4) is 0 Å². The quantitative estimate of drug-likeness (QED) is 0.798. The van der Waals surface area contributed by atoms with E-state index in [4.69, 9.17) is 0 Å². The molecule has 0 amide bonds. The van der Waals surface area contributed by atoms with Gasteiger partial charge >= 0.3 is 0 Å². The smallest absolute Gasteiger partial charge is 0.0695 e. The minimum absolute atomic E-state index is 0.0660. The van der Waals surface area contributed by atoms with Crippen LogP contribution < -0.4 is 0 Å². The molecule has 1 saturated heterocycles. The Balaban J connectivity index is 1.73. The molecule has 2 nitrogen and oxygen atoms in total. The van der Waals surface area contributed by atoms with Gasteiger partial charge in [-0.25, -0.2) is 0 Å². The predicted molar refractivity (Wildman–Crippen MR) is 67.4 cm³/mol. The molecule has 2 heteroatoms. The lowest BCUT2D eigenvalue weighted by Crippen LogP contribution is -2.42. The van der Waals surface area contributed by atoms with Crippen LogP contribution in [0.15, 0.2) is 0 Å². The van der Waals surface area contributed by atoms with Gasteiger partial charge in [-0.05, 0) is 50.1 Å². The van der Waals surface area contributed by atoms with Crippen LogP contribution in [0.5, 0.6) is 0 Å². The highest BCUT2D eigenvalue weighted by molar-refractivity contribution is 4.82. The standard InChI is InChI=1S/C14H27NO/c1-14(2)7-9-15(10-8-14)11-13(16)12-5-3-4-6-12/h12-13,16H,3-11H2,1-2H3. The van der Waals surface area contributed by atoms with Crippen molar-refractivity contribution in [2.75, 3.05) is 19.6 Å². The molecule has 1 saturated carbocycles. The maximum atomic E-state index is 10.2. The molecule has 1 aliphatic heterocycles. The lowest BCUT2D eigenvalue weighted by atomic mass is 9.82. The molecule has 1 aliphatic carbocycles. The summed E-state index contributed by atoms with van der Waals surface area (Å²) < 4.78 is 0. The minimum Gasteiger partial charge on any atom is -0.392 e. The number of aliphatic hydroxyl groups is 1. The van der Waals surface area contributed by atoms with Gasteiger partial charge in [0, 0.05) is 6.54 Å². The van der Waals surface area contributed by atoms with Crippen LogP contribution >= 0.6 is 0 Å². The average Bonchev–Trinajstić information content (AvgIpc) is 2.74. The Morgan fingerprint density at radius 3 is 2.31 bits per heavy atom. The summed E-state index contributed by atoms with van der Waals surface area (Å²) >= 11 is 0. The van der Waals surface area contributed by atoms with Crippen molar-refractivity contribution in [2.24, 2.45) is 11.3 Å². The van der Waals surface area contributed by atoms with Gasteiger partial charge in [0.15, 0.2) is 0 Å². The van der Waals surface area contributed by atoms with Crippen molar-refractivity contribution in [3.8, 4) is 0 Å². The van der Waals surface area contributed by atoms with E-state index in [1.165, 1.54) is 51.6 Å². The molecule has 0 aromatic rings. The number of hydrogen-bond donors (Lipinski definition) is 1. The van der Waals surface area contributed by atoms with Crippen molar-refractivity contribution in [2.45, 2.75) is 58.5 Å². The molecule has 2 aliphatic rings. The molecular weight excluding hydrogens is 198 g/mol. The normalized spacial score (nSPS) is 29.4. The Hall–Kier alpha value is -0.0800. The first kappa shape index (κ1) is 12.4. The summed E-state index contributed by atoms with van der Waals surface area (Å²) in [5, 5.41) is 10.2. The third kappa shape index (κ3) is 3.21. The van der Waals surface area contributed by atoms with Crippen LogP contribution in [-0.2, 0) is 0 Å². The van der Waals surface area contributed by atoms with E-state index >= 15 is 0 Å². The summed E-state index contributed by atoms with van der Waals surface area (Å²) in [6, 6.07) is 0. The van der Waals surface area contributed by atoms with Crippen molar-refractivity contribution < 1.29 is 5.11 Å². The maximum absolute atomic E-state index is 10.2. The highest BCUT2D eigenvalue weighted by atomic mass is 16.3. The van der Waals surface area contributed by atoms with E-state index in [2.05, 4.69) is 18.7 Å². The number of piperidine rings is 1. The van der Waals surface area contributed by atoms with Crippen molar-refractivity contribution in [3.63, 3.8) is 0 Å². The first-order valence-electron chi connectivity index (χ1n) is 6.97. The highest BCUT2D eigenvalue weighted by Gasteiger charge is 2.29. The lowest BCUT2D eigenvalue weighted by Gasteiger charge is -2.38. The van der Waals surface area contributed by atoms with Gasteiger partial charge in [0.25, 0.3) is 0 Å². The molecule has 0 aromatic heterocycles. The van der Waals surface area contributed by atoms with Gasteiger partial charge in [0.05, 0.1) is 6.10 Å². The molecule has 1 unspecified atom stereocenters. The number of nitrogens with zero attached hydrogens (tertiary/aromatic N) is 1. The zero-order valence-corrected chi connectivity index (χ0v) is 10.9. The fourth-order valence-electron chi connectivity index (χ4n) is 3.10. The first-order valence-corrected chi connectivity index (χ1v) is 6.97. The predicted octanol–water partition coefficient (Wildman–Crippen LogP) is 2.66. The van der Waals surface area contributed by atoms with E-state index in [-0.39, 0.29) is 6.10 Å². The Bertz CT molecular complexity index is 211. The lowest BCUT2D eigenvalue weighted by molar-refractivity contribution is 0.0404. The number of rotatable bonds is 3. The van der Waals surface area contributed by atoms with E-state index in [1.54, 1.807) is 0 Å². The van der Waals surface area contributed by atoms with Crippen molar-refractivity contribution in [1.29, 1.82) is 0 Å². The third-order valence-corrected chi connectivity index (χ3v) is 4.60. The van der Waals surface area contributed by atoms with Gasteiger partial charge in [-0.1, -0.05) is 26.7 Å². The van der Waals surface area contributed by atoms with E-state index in [0.717, 1.165) is 6.54 Å². The third-order valence-electron chi connectivity index (χ3n) is 4.60. The fourth-order valence-corrected chi connectivity index (χ4v) is 3.10. The van der Waals surface area contributed by atoms with Crippen LogP contribution in [0.2, 0.25) is 0 Å². The van der Waals surface area contributed by atoms with E-state index in [0.29, 0.717) is 11.3 Å². The zero-order chi connectivity index (χ0) is 11.6. The molecule has 0 aromatic carbocycles. The molecule has 0 radical (unpaired) electrons. The van der Waals surface area contributed by atoms with Crippen LogP contribution in [0.25, 0.3) is 0 Å². The van der Waals surface area contributed by atoms with Crippen molar-refractivity contribution in [1.82, 2.24) is 4.90 Å². The summed E-state index contributed by atoms with van der Waals surface area (Å²) in [5.41, 5.74) is 0.523. The summed E-state index contributed by atoms with van der Waals surface area (Å²) in [5.74, 6) is 0.593. The van der Waals surface area contributed by atoms with Gasteiger partial charge in [-0.3, -0.25) is 0 Å². The molecule has 1 N–H and O–H groups in total. The molecule has 94 valence electrons. The molecular formula is C14H27NO. The highest BCUT2D eigenvalue weighted by Crippen LogP contribution is 2.31. The Kier molecular flexibility index (Phi) is 3.91. The van der Waals surface area contributed by atoms with Gasteiger partial charge in [-0.15, -0.1) is 0 Å². The van der Waals surface area contributed by atoms with Gasteiger partial charge in [-0.2, -0.15) is 0 Å². The van der Waals surface area contributed by atoms with E-state index < -0.39 is 0 Å². The zero-order valence-electron chi connectivity index (χ0n) is 10.9. The van der Waals surface area contributed by atoms with Gasteiger partial charge in [0.1, 0.15) is 0 Å². The van der Waals surface area contributed by atoms with Crippen LogP contribution in [0.1, 0.15) is 52.4 Å². The number of β-amino-alcohol motifs (C(OH)–C–C–N with tert-alkyl or cyclic N) is 1. The second kappa shape index (κ2) is 5.05. The summed E-state index contributed by atoms with van der Waals surface area (Å²) in [6.45, 7) is 7.99. The fraction of sp³-hybridized carbons (Fsp3) is 1.00. The Labute approximate surface area is 100 Å². The van der Waals surface area contributed by atoms with Gasteiger partial charge in [0.2, 0.25) is 0 Å². The minimum atomic E-state index is -0.0660. The largest absolute Gasteiger partial charge is 0.392 e. The number of likely N-dealkylation sites (tertiary alicyclic amines) is 1. The molecule has 16 heavy (non-hydrogen) atoms. The maximum Gasteiger partial charge on any atom is 0.0695 e. The average molecular weight is 225 g/mol. The second-order valence-electron chi connectivity index (χ2n) is 6.58. The molecule has 0 spiro atoms.